The molecule has 1 rings (SSSR count). The van der Waals surface area contributed by atoms with Gasteiger partial charge in [-0.25, -0.2) is 0 Å². The molecule has 1 fully saturated rings. The molecule has 0 aromatic rings. The summed E-state index contributed by atoms with van der Waals surface area (Å²) in [5.41, 5.74) is 0. The number of hydrogen-bond acceptors (Lipinski definition) is 4. The van der Waals surface area contributed by atoms with Crippen molar-refractivity contribution in [2.45, 2.75) is 84.2 Å². The van der Waals surface area contributed by atoms with Crippen molar-refractivity contribution < 1.29 is 18.8 Å². The molecule has 0 radical (unpaired) electrons. The quantitative estimate of drug-likeness (QED) is 0.445. The molecule has 0 unspecified atom stereocenters. The van der Waals surface area contributed by atoms with Gasteiger partial charge in [0.25, 0.3) is 0 Å². The zero-order chi connectivity index (χ0) is 17.1. The molecule has 0 aromatic heterocycles. The molecule has 5 heteroatoms. The average Bonchev–Trinajstić information content (AvgIpc) is 2.38. The highest BCUT2D eigenvalue weighted by Crippen LogP contribution is 2.39. The van der Waals surface area contributed by atoms with E-state index in [1.807, 2.05) is 0 Å². The van der Waals surface area contributed by atoms with Crippen LogP contribution in [0.1, 0.15) is 53.9 Å². The molecular formula is C17H32O4Si. The second-order valence-corrected chi connectivity index (χ2v) is 13.0. The standard InChI is InChI=1S/C17H32O4Si/c1-12-8-9-14(13(2)11-18)20-16(19)10-15(12)21-22(6,7)17(3,4)5/h11-15H,8-10H2,1-7H3/t12-,13+,14-,15+/m1/s1. The van der Waals surface area contributed by atoms with Gasteiger partial charge in [0.2, 0.25) is 0 Å². The number of cyclic esters (lactones) is 1. The largest absolute Gasteiger partial charge is 0.462 e. The van der Waals surface area contributed by atoms with E-state index < -0.39 is 8.32 Å². The molecular weight excluding hydrogens is 296 g/mol. The molecule has 0 spiro atoms. The topological polar surface area (TPSA) is 52.6 Å². The van der Waals surface area contributed by atoms with Crippen LogP contribution in [0.25, 0.3) is 0 Å². The first-order chi connectivity index (χ1) is 9.98. The Labute approximate surface area is 136 Å². The first-order valence-electron chi connectivity index (χ1n) is 8.30. The summed E-state index contributed by atoms with van der Waals surface area (Å²) >= 11 is 0. The number of ether oxygens (including phenoxy) is 1. The van der Waals surface area contributed by atoms with Gasteiger partial charge in [-0.05, 0) is 36.9 Å². The second kappa shape index (κ2) is 7.26. The Kier molecular flexibility index (Phi) is 6.39. The van der Waals surface area contributed by atoms with Crippen LogP contribution in [0.3, 0.4) is 0 Å². The number of hydrogen-bond donors (Lipinski definition) is 0. The van der Waals surface area contributed by atoms with Crippen LogP contribution in [0.15, 0.2) is 0 Å². The van der Waals surface area contributed by atoms with Gasteiger partial charge in [0.05, 0.1) is 12.5 Å². The predicted molar refractivity (Wildman–Crippen MR) is 90.2 cm³/mol. The fourth-order valence-corrected chi connectivity index (χ4v) is 3.85. The highest BCUT2D eigenvalue weighted by molar-refractivity contribution is 6.74. The van der Waals surface area contributed by atoms with E-state index in [0.29, 0.717) is 5.92 Å². The molecule has 1 aliphatic rings. The lowest BCUT2D eigenvalue weighted by molar-refractivity contribution is -0.157. The van der Waals surface area contributed by atoms with Crippen LogP contribution in [0.5, 0.6) is 0 Å². The Balaban J connectivity index is 2.80. The summed E-state index contributed by atoms with van der Waals surface area (Å²) in [6.07, 6.45) is 2.42. The van der Waals surface area contributed by atoms with Crippen LogP contribution < -0.4 is 0 Å². The maximum absolute atomic E-state index is 12.2. The lowest BCUT2D eigenvalue weighted by Gasteiger charge is -2.41. The maximum Gasteiger partial charge on any atom is 0.308 e. The predicted octanol–water partition coefficient (Wildman–Crippen LogP) is 3.94. The molecule has 4 nitrogen and oxygen atoms in total. The Hall–Kier alpha value is -0.683. The third kappa shape index (κ3) is 4.91. The summed E-state index contributed by atoms with van der Waals surface area (Å²) in [4.78, 5) is 23.1. The molecule has 0 amide bonds. The number of carbonyl (C=O) groups excluding carboxylic acids is 2. The number of esters is 1. The van der Waals surface area contributed by atoms with Crippen LogP contribution >= 0.6 is 0 Å². The summed E-state index contributed by atoms with van der Waals surface area (Å²) in [5, 5.41) is 0.119. The Morgan fingerprint density at radius 2 is 1.91 bits per heavy atom. The van der Waals surface area contributed by atoms with E-state index in [-0.39, 0.29) is 35.6 Å². The molecule has 0 aliphatic carbocycles. The van der Waals surface area contributed by atoms with Crippen LogP contribution in [0.2, 0.25) is 18.1 Å². The Bertz CT molecular complexity index is 400. The van der Waals surface area contributed by atoms with E-state index >= 15 is 0 Å². The highest BCUT2D eigenvalue weighted by Gasteiger charge is 2.41. The maximum atomic E-state index is 12.2. The van der Waals surface area contributed by atoms with Crippen molar-refractivity contribution in [3.05, 3.63) is 0 Å². The smallest absolute Gasteiger partial charge is 0.308 e. The molecule has 0 N–H and O–H groups in total. The first kappa shape index (κ1) is 19.4. The third-order valence-corrected chi connectivity index (χ3v) is 9.75. The summed E-state index contributed by atoms with van der Waals surface area (Å²) in [6.45, 7) is 15.0. The van der Waals surface area contributed by atoms with Crippen molar-refractivity contribution in [3.63, 3.8) is 0 Å². The average molecular weight is 329 g/mol. The minimum Gasteiger partial charge on any atom is -0.462 e. The van der Waals surface area contributed by atoms with E-state index in [0.717, 1.165) is 19.1 Å². The van der Waals surface area contributed by atoms with Gasteiger partial charge < -0.3 is 14.0 Å². The molecule has 0 saturated carbocycles. The normalized spacial score (nSPS) is 29.2. The molecule has 0 aromatic carbocycles. The van der Waals surface area contributed by atoms with Crippen molar-refractivity contribution in [2.24, 2.45) is 11.8 Å². The van der Waals surface area contributed by atoms with Crippen molar-refractivity contribution in [2.75, 3.05) is 0 Å². The van der Waals surface area contributed by atoms with E-state index in [2.05, 4.69) is 40.8 Å². The Morgan fingerprint density at radius 1 is 1.32 bits per heavy atom. The van der Waals surface area contributed by atoms with Crippen LogP contribution in [-0.2, 0) is 18.8 Å². The minimum atomic E-state index is -1.91. The molecule has 1 saturated heterocycles. The van der Waals surface area contributed by atoms with Crippen LogP contribution in [-0.4, -0.2) is 32.8 Å². The van der Waals surface area contributed by atoms with E-state index in [9.17, 15) is 9.59 Å². The van der Waals surface area contributed by atoms with Crippen molar-refractivity contribution in [1.29, 1.82) is 0 Å². The SMILES string of the molecule is C[C@@H]1CC[C@H]([C@@H](C)C=O)OC(=O)C[C@@H]1O[Si](C)(C)C(C)(C)C. The fraction of sp³-hybridized carbons (Fsp3) is 0.882. The zero-order valence-corrected chi connectivity index (χ0v) is 16.1. The molecule has 128 valence electrons. The third-order valence-electron chi connectivity index (χ3n) is 5.25. The summed E-state index contributed by atoms with van der Waals surface area (Å²) in [6, 6.07) is 0. The van der Waals surface area contributed by atoms with Crippen molar-refractivity contribution in [1.82, 2.24) is 0 Å². The summed E-state index contributed by atoms with van der Waals surface area (Å²) in [7, 11) is -1.91. The van der Waals surface area contributed by atoms with Gasteiger partial charge in [0.15, 0.2) is 8.32 Å². The van der Waals surface area contributed by atoms with Crippen LogP contribution in [0, 0.1) is 11.8 Å². The van der Waals surface area contributed by atoms with E-state index in [1.54, 1.807) is 6.92 Å². The van der Waals surface area contributed by atoms with Crippen molar-refractivity contribution >= 4 is 20.6 Å². The summed E-state index contributed by atoms with van der Waals surface area (Å²) < 4.78 is 11.9. The Morgan fingerprint density at radius 3 is 2.41 bits per heavy atom. The van der Waals surface area contributed by atoms with Gasteiger partial charge in [-0.1, -0.05) is 34.6 Å². The fourth-order valence-electron chi connectivity index (χ4n) is 2.43. The van der Waals surface area contributed by atoms with E-state index in [1.165, 1.54) is 0 Å². The van der Waals surface area contributed by atoms with Gasteiger partial charge in [-0.15, -0.1) is 0 Å². The molecule has 1 heterocycles. The van der Waals surface area contributed by atoms with Gasteiger partial charge in [0, 0.05) is 5.92 Å². The second-order valence-electron chi connectivity index (χ2n) is 8.20. The lowest BCUT2D eigenvalue weighted by Crippen LogP contribution is -2.47. The molecule has 22 heavy (non-hydrogen) atoms. The number of carbonyl (C=O) groups is 2. The number of rotatable bonds is 4. The van der Waals surface area contributed by atoms with Crippen molar-refractivity contribution in [3.8, 4) is 0 Å². The monoisotopic (exact) mass is 328 g/mol. The van der Waals surface area contributed by atoms with Gasteiger partial charge in [0.1, 0.15) is 12.4 Å². The zero-order valence-electron chi connectivity index (χ0n) is 15.1. The van der Waals surface area contributed by atoms with Gasteiger partial charge >= 0.3 is 5.97 Å². The molecule has 1 aliphatic heterocycles. The number of aldehydes is 1. The lowest BCUT2D eigenvalue weighted by atomic mass is 9.90. The minimum absolute atomic E-state index is 0.0825. The first-order valence-corrected chi connectivity index (χ1v) is 11.2. The molecule has 0 bridgehead atoms. The summed E-state index contributed by atoms with van der Waals surface area (Å²) in [5.74, 6) is -0.189. The molecule has 4 atom stereocenters. The van der Waals surface area contributed by atoms with E-state index in [4.69, 9.17) is 9.16 Å². The van der Waals surface area contributed by atoms with Gasteiger partial charge in [-0.2, -0.15) is 0 Å². The highest BCUT2D eigenvalue weighted by atomic mass is 28.4. The van der Waals surface area contributed by atoms with Gasteiger partial charge in [-0.3, -0.25) is 4.79 Å². The van der Waals surface area contributed by atoms with Crippen LogP contribution in [0.4, 0.5) is 0 Å².